The topological polar surface area (TPSA) is 26.7 Å². The maximum Gasteiger partial charge on any atom is 0.0728 e. The highest BCUT2D eigenvalue weighted by Crippen LogP contribution is 2.39. The normalized spacial score (nSPS) is 22.6. The summed E-state index contributed by atoms with van der Waals surface area (Å²) in [6, 6.07) is 8.18. The van der Waals surface area contributed by atoms with Crippen molar-refractivity contribution in [2.24, 2.45) is 0 Å². The van der Waals surface area contributed by atoms with E-state index in [1.54, 1.807) is 0 Å². The fourth-order valence-corrected chi connectivity index (χ4v) is 4.66. The van der Waals surface area contributed by atoms with Crippen molar-refractivity contribution in [3.05, 3.63) is 34.9 Å². The second-order valence-electron chi connectivity index (χ2n) is 8.08. The molecule has 1 unspecified atom stereocenters. The first-order valence-corrected chi connectivity index (χ1v) is 10.3. The van der Waals surface area contributed by atoms with Crippen molar-refractivity contribution in [1.82, 2.24) is 9.80 Å². The number of nitrogens with zero attached hydrogens (tertiary/aromatic N) is 2. The second-order valence-corrected chi connectivity index (χ2v) is 8.52. The SMILES string of the molecule is CN1CCN(CC(c2cccc(Cl)c2)C2(O)CCCCCCC2)CC1.Cl.Cl. The summed E-state index contributed by atoms with van der Waals surface area (Å²) in [6.45, 7) is 5.33. The van der Waals surface area contributed by atoms with Gasteiger partial charge in [0.15, 0.2) is 0 Å². The van der Waals surface area contributed by atoms with E-state index >= 15 is 0 Å². The van der Waals surface area contributed by atoms with E-state index in [-0.39, 0.29) is 30.7 Å². The molecule has 1 aliphatic carbocycles. The van der Waals surface area contributed by atoms with Gasteiger partial charge in [0.05, 0.1) is 5.60 Å². The van der Waals surface area contributed by atoms with Crippen LogP contribution in [0.5, 0.6) is 0 Å². The molecular weight excluding hydrogens is 403 g/mol. The van der Waals surface area contributed by atoms with Crippen molar-refractivity contribution >= 4 is 36.4 Å². The fourth-order valence-electron chi connectivity index (χ4n) is 4.46. The first-order chi connectivity index (χ1) is 12.1. The highest BCUT2D eigenvalue weighted by atomic mass is 35.5. The lowest BCUT2D eigenvalue weighted by Crippen LogP contribution is -2.49. The number of rotatable bonds is 4. The lowest BCUT2D eigenvalue weighted by Gasteiger charge is -2.42. The summed E-state index contributed by atoms with van der Waals surface area (Å²) in [6.07, 6.45) is 7.91. The molecule has 1 atom stereocenters. The van der Waals surface area contributed by atoms with Crippen LogP contribution in [0.2, 0.25) is 5.02 Å². The number of hydrogen-bond acceptors (Lipinski definition) is 3. The summed E-state index contributed by atoms with van der Waals surface area (Å²) in [7, 11) is 2.19. The summed E-state index contributed by atoms with van der Waals surface area (Å²) < 4.78 is 0. The number of benzene rings is 1. The molecule has 6 heteroatoms. The quantitative estimate of drug-likeness (QED) is 0.719. The number of halogens is 3. The van der Waals surface area contributed by atoms with Crippen LogP contribution in [-0.2, 0) is 0 Å². The van der Waals surface area contributed by atoms with Crippen molar-refractivity contribution < 1.29 is 5.11 Å². The molecule has 1 N–H and O–H groups in total. The highest BCUT2D eigenvalue weighted by molar-refractivity contribution is 6.30. The third-order valence-corrected chi connectivity index (χ3v) is 6.39. The third-order valence-electron chi connectivity index (χ3n) is 6.16. The lowest BCUT2D eigenvalue weighted by molar-refractivity contribution is -0.0254. The Hall–Kier alpha value is -0.0300. The zero-order chi connectivity index (χ0) is 17.7. The Morgan fingerprint density at radius 3 is 2.19 bits per heavy atom. The van der Waals surface area contributed by atoms with E-state index < -0.39 is 5.60 Å². The molecule has 3 nitrogen and oxygen atoms in total. The van der Waals surface area contributed by atoms with Gasteiger partial charge in [0.2, 0.25) is 0 Å². The molecule has 1 aromatic carbocycles. The van der Waals surface area contributed by atoms with Crippen molar-refractivity contribution in [2.75, 3.05) is 39.8 Å². The Morgan fingerprint density at radius 2 is 1.59 bits per heavy atom. The maximum absolute atomic E-state index is 11.7. The van der Waals surface area contributed by atoms with Crippen LogP contribution in [0.25, 0.3) is 0 Å². The lowest BCUT2D eigenvalue weighted by atomic mass is 9.74. The molecule has 0 spiro atoms. The van der Waals surface area contributed by atoms with Gasteiger partial charge in [0, 0.05) is 43.7 Å². The molecule has 27 heavy (non-hydrogen) atoms. The van der Waals surface area contributed by atoms with Gasteiger partial charge < -0.3 is 14.9 Å². The van der Waals surface area contributed by atoms with Crippen molar-refractivity contribution in [3.63, 3.8) is 0 Å². The van der Waals surface area contributed by atoms with E-state index in [1.807, 2.05) is 12.1 Å². The molecule has 2 aliphatic rings. The van der Waals surface area contributed by atoms with Crippen LogP contribution in [0, 0.1) is 0 Å². The van der Waals surface area contributed by atoms with Crippen LogP contribution >= 0.6 is 36.4 Å². The minimum absolute atomic E-state index is 0. The predicted octanol–water partition coefficient (Wildman–Crippen LogP) is 4.99. The number of hydrogen-bond donors (Lipinski definition) is 1. The minimum Gasteiger partial charge on any atom is -0.389 e. The Balaban J connectivity index is 0.00000182. The maximum atomic E-state index is 11.7. The van der Waals surface area contributed by atoms with Crippen LogP contribution in [0.15, 0.2) is 24.3 Å². The third kappa shape index (κ3) is 7.06. The van der Waals surface area contributed by atoms with Crippen LogP contribution < -0.4 is 0 Å². The van der Waals surface area contributed by atoms with Crippen molar-refractivity contribution in [2.45, 2.75) is 56.5 Å². The Bertz CT molecular complexity index is 542. The predicted molar refractivity (Wildman–Crippen MR) is 120 cm³/mol. The van der Waals surface area contributed by atoms with Gasteiger partial charge in [0.25, 0.3) is 0 Å². The number of likely N-dealkylation sites (N-methyl/N-ethyl adjacent to an activating group) is 1. The molecule has 1 aliphatic heterocycles. The van der Waals surface area contributed by atoms with E-state index in [0.29, 0.717) is 0 Å². The van der Waals surface area contributed by atoms with Crippen molar-refractivity contribution in [3.8, 4) is 0 Å². The molecule has 1 aromatic rings. The molecule has 156 valence electrons. The average Bonchev–Trinajstić information content (AvgIpc) is 2.58. The molecule has 1 saturated heterocycles. The zero-order valence-corrected chi connectivity index (χ0v) is 18.8. The zero-order valence-electron chi connectivity index (χ0n) is 16.4. The smallest absolute Gasteiger partial charge is 0.0728 e. The van der Waals surface area contributed by atoms with Gasteiger partial charge in [-0.25, -0.2) is 0 Å². The van der Waals surface area contributed by atoms with Gasteiger partial charge >= 0.3 is 0 Å². The molecule has 3 rings (SSSR count). The van der Waals surface area contributed by atoms with Crippen LogP contribution in [0.3, 0.4) is 0 Å². The van der Waals surface area contributed by atoms with Gasteiger partial charge in [0.1, 0.15) is 0 Å². The molecule has 1 saturated carbocycles. The minimum atomic E-state index is -0.603. The fraction of sp³-hybridized carbons (Fsp3) is 0.714. The number of piperazine rings is 1. The van der Waals surface area contributed by atoms with Gasteiger partial charge in [-0.3, -0.25) is 0 Å². The molecule has 0 amide bonds. The Kier molecular flexibility index (Phi) is 11.0. The summed E-state index contributed by atoms with van der Waals surface area (Å²) >= 11 is 6.29. The molecule has 1 heterocycles. The van der Waals surface area contributed by atoms with E-state index in [2.05, 4.69) is 29.0 Å². The van der Waals surface area contributed by atoms with Crippen LogP contribution in [0.4, 0.5) is 0 Å². The largest absolute Gasteiger partial charge is 0.389 e. The van der Waals surface area contributed by atoms with E-state index in [1.165, 1.54) is 24.8 Å². The standard InChI is InChI=1S/C21H33ClN2O.2ClH/c1-23-12-14-24(15-13-23)17-20(18-8-7-9-19(22)16-18)21(25)10-5-3-2-4-6-11-21;;/h7-9,16,20,25H,2-6,10-15,17H2,1H3;2*1H. The monoisotopic (exact) mass is 436 g/mol. The second kappa shape index (κ2) is 11.8. The summed E-state index contributed by atoms with van der Waals surface area (Å²) in [5, 5.41) is 12.5. The molecular formula is C21H35Cl3N2O. The van der Waals surface area contributed by atoms with E-state index in [4.69, 9.17) is 11.6 Å². The van der Waals surface area contributed by atoms with Crippen molar-refractivity contribution in [1.29, 1.82) is 0 Å². The van der Waals surface area contributed by atoms with Gasteiger partial charge in [-0.05, 0) is 37.6 Å². The van der Waals surface area contributed by atoms with Crippen LogP contribution in [-0.4, -0.2) is 60.3 Å². The molecule has 0 bridgehead atoms. The summed E-state index contributed by atoms with van der Waals surface area (Å²) in [5.41, 5.74) is 0.601. The summed E-state index contributed by atoms with van der Waals surface area (Å²) in [4.78, 5) is 4.91. The Morgan fingerprint density at radius 1 is 1.00 bits per heavy atom. The van der Waals surface area contributed by atoms with Crippen LogP contribution in [0.1, 0.15) is 56.4 Å². The molecule has 0 radical (unpaired) electrons. The van der Waals surface area contributed by atoms with E-state index in [9.17, 15) is 5.11 Å². The average molecular weight is 438 g/mol. The van der Waals surface area contributed by atoms with E-state index in [0.717, 1.165) is 63.4 Å². The molecule has 2 fully saturated rings. The number of aliphatic hydroxyl groups is 1. The van der Waals surface area contributed by atoms with Gasteiger partial charge in [-0.15, -0.1) is 24.8 Å². The van der Waals surface area contributed by atoms with Gasteiger partial charge in [-0.1, -0.05) is 55.8 Å². The molecule has 0 aromatic heterocycles. The Labute approximate surface area is 182 Å². The highest BCUT2D eigenvalue weighted by Gasteiger charge is 2.38. The first-order valence-electron chi connectivity index (χ1n) is 9.96. The van der Waals surface area contributed by atoms with Gasteiger partial charge in [-0.2, -0.15) is 0 Å². The first kappa shape index (κ1) is 25.0. The summed E-state index contributed by atoms with van der Waals surface area (Å²) in [5.74, 6) is 0.146.